The van der Waals surface area contributed by atoms with Gasteiger partial charge in [0.25, 0.3) is 0 Å². The molecule has 0 aliphatic carbocycles. The summed E-state index contributed by atoms with van der Waals surface area (Å²) in [4.78, 5) is 18.6. The minimum absolute atomic E-state index is 0.0717. The van der Waals surface area contributed by atoms with E-state index in [1.54, 1.807) is 7.11 Å². The Hall–Kier alpha value is -1.92. The Morgan fingerprint density at radius 2 is 2.04 bits per heavy atom. The summed E-state index contributed by atoms with van der Waals surface area (Å²) in [5.41, 5.74) is 2.81. The van der Waals surface area contributed by atoms with Crippen LogP contribution in [0.25, 0.3) is 0 Å². The fourth-order valence-corrected chi connectivity index (χ4v) is 3.63. The van der Waals surface area contributed by atoms with Gasteiger partial charge in [0.05, 0.1) is 17.7 Å². The van der Waals surface area contributed by atoms with E-state index in [0.29, 0.717) is 45.6 Å². The van der Waals surface area contributed by atoms with E-state index in [2.05, 4.69) is 41.7 Å². The first-order valence-corrected chi connectivity index (χ1v) is 9.28. The molecule has 0 spiro atoms. The highest BCUT2D eigenvalue weighted by atomic mass is 16.6. The van der Waals surface area contributed by atoms with Crippen molar-refractivity contribution in [2.75, 3.05) is 33.5 Å². The lowest BCUT2D eigenvalue weighted by atomic mass is 9.74. The number of carbonyl (C=O) groups excluding carboxylic acids is 1. The van der Waals surface area contributed by atoms with Crippen LogP contribution in [-0.4, -0.2) is 51.2 Å². The SMILES string of the molecule is COCCNC(=O)C1(C[C@H]2CC(c3ccc(C)cc3)=NO2)CCOCC1. The molecule has 26 heavy (non-hydrogen) atoms. The van der Waals surface area contributed by atoms with E-state index >= 15 is 0 Å². The van der Waals surface area contributed by atoms with Crippen molar-refractivity contribution in [3.8, 4) is 0 Å². The van der Waals surface area contributed by atoms with E-state index in [4.69, 9.17) is 14.3 Å². The van der Waals surface area contributed by atoms with Crippen LogP contribution in [-0.2, 0) is 19.1 Å². The fourth-order valence-electron chi connectivity index (χ4n) is 3.63. The average molecular weight is 360 g/mol. The van der Waals surface area contributed by atoms with Gasteiger partial charge in [0, 0.05) is 39.7 Å². The minimum Gasteiger partial charge on any atom is -0.392 e. The Balaban J connectivity index is 1.63. The van der Waals surface area contributed by atoms with Gasteiger partial charge in [-0.05, 0) is 25.3 Å². The molecule has 2 heterocycles. The van der Waals surface area contributed by atoms with Crippen molar-refractivity contribution in [3.05, 3.63) is 35.4 Å². The van der Waals surface area contributed by atoms with Crippen molar-refractivity contribution in [2.24, 2.45) is 10.6 Å². The molecule has 1 amide bonds. The summed E-state index contributed by atoms with van der Waals surface area (Å²) in [6.07, 6.45) is 2.75. The van der Waals surface area contributed by atoms with E-state index in [1.807, 2.05) is 0 Å². The molecule has 0 radical (unpaired) electrons. The highest BCUT2D eigenvalue weighted by Crippen LogP contribution is 2.38. The third-order valence-electron chi connectivity index (χ3n) is 5.26. The van der Waals surface area contributed by atoms with Gasteiger partial charge in [0.1, 0.15) is 6.10 Å². The predicted octanol–water partition coefficient (Wildman–Crippen LogP) is 2.44. The van der Waals surface area contributed by atoms with Gasteiger partial charge in [0.2, 0.25) is 5.91 Å². The molecule has 2 aliphatic heterocycles. The maximum absolute atomic E-state index is 12.9. The van der Waals surface area contributed by atoms with E-state index in [9.17, 15) is 4.79 Å². The van der Waals surface area contributed by atoms with Crippen LogP contribution in [0.1, 0.15) is 36.8 Å². The normalized spacial score (nSPS) is 21.8. The van der Waals surface area contributed by atoms with E-state index in [-0.39, 0.29) is 12.0 Å². The second-order valence-electron chi connectivity index (χ2n) is 7.18. The molecule has 3 rings (SSSR count). The quantitative estimate of drug-likeness (QED) is 0.759. The largest absolute Gasteiger partial charge is 0.392 e. The van der Waals surface area contributed by atoms with Crippen LogP contribution < -0.4 is 5.32 Å². The zero-order valence-corrected chi connectivity index (χ0v) is 15.6. The number of hydrogen-bond acceptors (Lipinski definition) is 5. The summed E-state index contributed by atoms with van der Waals surface area (Å²) in [5.74, 6) is 0.0743. The molecule has 6 nitrogen and oxygen atoms in total. The molecule has 1 atom stereocenters. The molecule has 142 valence electrons. The smallest absolute Gasteiger partial charge is 0.226 e. The Bertz CT molecular complexity index is 636. The molecule has 0 bridgehead atoms. The fraction of sp³-hybridized carbons (Fsp3) is 0.600. The average Bonchev–Trinajstić information content (AvgIpc) is 3.11. The van der Waals surface area contributed by atoms with Gasteiger partial charge in [-0.3, -0.25) is 4.79 Å². The van der Waals surface area contributed by atoms with Crippen LogP contribution in [0.15, 0.2) is 29.4 Å². The van der Waals surface area contributed by atoms with Crippen LogP contribution in [0.5, 0.6) is 0 Å². The number of oxime groups is 1. The summed E-state index contributed by atoms with van der Waals surface area (Å²) in [7, 11) is 1.63. The Morgan fingerprint density at radius 3 is 2.73 bits per heavy atom. The summed E-state index contributed by atoms with van der Waals surface area (Å²) in [6, 6.07) is 8.30. The highest BCUT2D eigenvalue weighted by molar-refractivity contribution is 6.01. The molecular formula is C20H28N2O4. The maximum atomic E-state index is 12.9. The molecule has 0 saturated carbocycles. The van der Waals surface area contributed by atoms with Gasteiger partial charge in [-0.2, -0.15) is 0 Å². The maximum Gasteiger partial charge on any atom is 0.226 e. The number of nitrogens with zero attached hydrogens (tertiary/aromatic N) is 1. The molecule has 1 saturated heterocycles. The second kappa shape index (κ2) is 8.64. The number of benzene rings is 1. The first-order chi connectivity index (χ1) is 12.6. The zero-order chi connectivity index (χ0) is 18.4. The van der Waals surface area contributed by atoms with Crippen molar-refractivity contribution in [1.29, 1.82) is 0 Å². The molecule has 2 aliphatic rings. The number of ether oxygens (including phenoxy) is 2. The molecule has 1 N–H and O–H groups in total. The van der Waals surface area contributed by atoms with Gasteiger partial charge in [-0.1, -0.05) is 35.0 Å². The lowest BCUT2D eigenvalue weighted by molar-refractivity contribution is -0.140. The third-order valence-corrected chi connectivity index (χ3v) is 5.26. The number of nitrogens with one attached hydrogen (secondary N) is 1. The molecule has 1 aromatic rings. The Kier molecular flexibility index (Phi) is 6.27. The summed E-state index contributed by atoms with van der Waals surface area (Å²) < 4.78 is 10.5. The first-order valence-electron chi connectivity index (χ1n) is 9.28. The third kappa shape index (κ3) is 4.43. The number of hydrogen-bond donors (Lipinski definition) is 1. The topological polar surface area (TPSA) is 69.2 Å². The number of aryl methyl sites for hydroxylation is 1. The standard InChI is InChI=1S/C20H28N2O4/c1-15-3-5-16(6-4-15)18-13-17(26-22-18)14-20(7-10-25-11-8-20)19(23)21-9-12-24-2/h3-6,17H,7-14H2,1-2H3,(H,21,23)/t17-/m1/s1. The number of methoxy groups -OCH3 is 1. The van der Waals surface area contributed by atoms with Gasteiger partial charge < -0.3 is 19.6 Å². The van der Waals surface area contributed by atoms with E-state index in [1.165, 1.54) is 5.56 Å². The van der Waals surface area contributed by atoms with Crippen molar-refractivity contribution < 1.29 is 19.1 Å². The Morgan fingerprint density at radius 1 is 1.31 bits per heavy atom. The Labute approximate surface area is 154 Å². The van der Waals surface area contributed by atoms with Crippen LogP contribution in [0.2, 0.25) is 0 Å². The first kappa shape index (κ1) is 18.9. The van der Waals surface area contributed by atoms with Gasteiger partial charge in [0.15, 0.2) is 0 Å². The van der Waals surface area contributed by atoms with Crippen molar-refractivity contribution >= 4 is 11.6 Å². The highest BCUT2D eigenvalue weighted by Gasteiger charge is 2.43. The van der Waals surface area contributed by atoms with Crippen molar-refractivity contribution in [1.82, 2.24) is 5.32 Å². The molecule has 1 fully saturated rings. The minimum atomic E-state index is -0.449. The van der Waals surface area contributed by atoms with Gasteiger partial charge in [-0.15, -0.1) is 0 Å². The van der Waals surface area contributed by atoms with Crippen molar-refractivity contribution in [2.45, 2.75) is 38.7 Å². The molecule has 0 unspecified atom stereocenters. The zero-order valence-electron chi connectivity index (χ0n) is 15.6. The number of carbonyl (C=O) groups is 1. The summed E-state index contributed by atoms with van der Waals surface area (Å²) in [5, 5.41) is 7.29. The molecule has 0 aromatic heterocycles. The number of rotatable bonds is 7. The van der Waals surface area contributed by atoms with E-state index < -0.39 is 5.41 Å². The lowest BCUT2D eigenvalue weighted by Gasteiger charge is -2.36. The van der Waals surface area contributed by atoms with Gasteiger partial charge >= 0.3 is 0 Å². The monoisotopic (exact) mass is 360 g/mol. The van der Waals surface area contributed by atoms with Crippen molar-refractivity contribution in [3.63, 3.8) is 0 Å². The molecular weight excluding hydrogens is 332 g/mol. The predicted molar refractivity (Wildman–Crippen MR) is 99.2 cm³/mol. The molecule has 1 aromatic carbocycles. The van der Waals surface area contributed by atoms with Crippen LogP contribution >= 0.6 is 0 Å². The lowest BCUT2D eigenvalue weighted by Crippen LogP contribution is -2.47. The van der Waals surface area contributed by atoms with Crippen LogP contribution in [0.3, 0.4) is 0 Å². The summed E-state index contributed by atoms with van der Waals surface area (Å²) >= 11 is 0. The summed E-state index contributed by atoms with van der Waals surface area (Å²) in [6.45, 7) is 4.32. The second-order valence-corrected chi connectivity index (χ2v) is 7.18. The van der Waals surface area contributed by atoms with Crippen LogP contribution in [0.4, 0.5) is 0 Å². The van der Waals surface area contributed by atoms with Crippen LogP contribution in [0, 0.1) is 12.3 Å². The van der Waals surface area contributed by atoms with Gasteiger partial charge in [-0.25, -0.2) is 0 Å². The molecule has 6 heteroatoms. The number of amides is 1. The van der Waals surface area contributed by atoms with E-state index in [0.717, 1.165) is 17.7 Å².